The summed E-state index contributed by atoms with van der Waals surface area (Å²) in [5.74, 6) is 0. The van der Waals surface area contributed by atoms with E-state index in [0.717, 1.165) is 13.0 Å². The van der Waals surface area contributed by atoms with E-state index in [1.165, 1.54) is 44.6 Å². The number of hydrogen-bond acceptors (Lipinski definition) is 3. The second kappa shape index (κ2) is 7.49. The summed E-state index contributed by atoms with van der Waals surface area (Å²) in [5.41, 5.74) is 1.21. The lowest BCUT2D eigenvalue weighted by atomic mass is 10.1. The lowest BCUT2D eigenvalue weighted by molar-refractivity contribution is 0.233. The lowest BCUT2D eigenvalue weighted by Gasteiger charge is -2.28. The number of aromatic nitrogens is 1. The van der Waals surface area contributed by atoms with Gasteiger partial charge in [0, 0.05) is 30.9 Å². The first-order valence-corrected chi connectivity index (χ1v) is 7.24. The van der Waals surface area contributed by atoms with Crippen LogP contribution in [0.25, 0.3) is 0 Å². The maximum absolute atomic E-state index is 4.40. The van der Waals surface area contributed by atoms with Crippen molar-refractivity contribution in [2.24, 2.45) is 0 Å². The Hall–Kier alpha value is -0.930. The average molecular weight is 247 g/mol. The molecule has 0 saturated carbocycles. The van der Waals surface area contributed by atoms with Gasteiger partial charge in [0.1, 0.15) is 0 Å². The molecule has 1 N–H and O–H groups in total. The van der Waals surface area contributed by atoms with Crippen molar-refractivity contribution in [3.63, 3.8) is 0 Å². The van der Waals surface area contributed by atoms with Crippen molar-refractivity contribution in [1.82, 2.24) is 15.2 Å². The van der Waals surface area contributed by atoms with Crippen LogP contribution in [0.2, 0.25) is 0 Å². The highest BCUT2D eigenvalue weighted by atomic mass is 15.1. The first kappa shape index (κ1) is 13.5. The molecular formula is C15H25N3. The molecule has 1 saturated heterocycles. The minimum absolute atomic E-state index is 0.711. The Bertz CT molecular complexity index is 326. The lowest BCUT2D eigenvalue weighted by Crippen LogP contribution is -2.40. The zero-order valence-corrected chi connectivity index (χ0v) is 11.4. The summed E-state index contributed by atoms with van der Waals surface area (Å²) >= 11 is 0. The zero-order chi connectivity index (χ0) is 12.6. The third kappa shape index (κ3) is 4.39. The topological polar surface area (TPSA) is 28.2 Å². The number of nitrogens with zero attached hydrogens (tertiary/aromatic N) is 2. The van der Waals surface area contributed by atoms with E-state index in [4.69, 9.17) is 0 Å². The van der Waals surface area contributed by atoms with Gasteiger partial charge in [0.25, 0.3) is 0 Å². The van der Waals surface area contributed by atoms with E-state index in [1.807, 2.05) is 12.3 Å². The van der Waals surface area contributed by atoms with E-state index in [-0.39, 0.29) is 0 Å². The molecule has 0 radical (unpaired) electrons. The van der Waals surface area contributed by atoms with Gasteiger partial charge in [-0.05, 0) is 51.0 Å². The molecule has 1 atom stereocenters. The molecule has 0 aliphatic carbocycles. The Labute approximate surface area is 111 Å². The van der Waals surface area contributed by atoms with Crippen LogP contribution in [-0.2, 0) is 6.42 Å². The minimum Gasteiger partial charge on any atom is -0.314 e. The molecule has 0 amide bonds. The summed E-state index contributed by atoms with van der Waals surface area (Å²) in [6, 6.07) is 6.90. The quantitative estimate of drug-likeness (QED) is 0.883. The van der Waals surface area contributed by atoms with Gasteiger partial charge in [-0.2, -0.15) is 0 Å². The Kier molecular flexibility index (Phi) is 5.62. The first-order chi connectivity index (χ1) is 8.88. The van der Waals surface area contributed by atoms with Crippen LogP contribution in [0, 0.1) is 0 Å². The fourth-order valence-electron chi connectivity index (χ4n) is 2.55. The standard InChI is InChI=1S/C15H25N3/c1-2-14-7-12-18(11-5-10-16-14)13-8-15-6-3-4-9-17-15/h3-4,6,9,14,16H,2,5,7-8,10-13H2,1H3. The van der Waals surface area contributed by atoms with Crippen LogP contribution in [0.3, 0.4) is 0 Å². The molecule has 0 bridgehead atoms. The fourth-order valence-corrected chi connectivity index (χ4v) is 2.55. The van der Waals surface area contributed by atoms with Gasteiger partial charge in [-0.3, -0.25) is 4.98 Å². The number of hydrogen-bond donors (Lipinski definition) is 1. The molecule has 1 aliphatic rings. The van der Waals surface area contributed by atoms with Gasteiger partial charge in [0.15, 0.2) is 0 Å². The third-order valence-electron chi connectivity index (χ3n) is 3.78. The van der Waals surface area contributed by atoms with Crippen LogP contribution >= 0.6 is 0 Å². The predicted octanol–water partition coefficient (Wildman–Crippen LogP) is 2.09. The first-order valence-electron chi connectivity index (χ1n) is 7.24. The molecule has 0 aromatic carbocycles. The van der Waals surface area contributed by atoms with Crippen LogP contribution in [0.5, 0.6) is 0 Å². The monoisotopic (exact) mass is 247 g/mol. The molecule has 1 aliphatic heterocycles. The van der Waals surface area contributed by atoms with Crippen molar-refractivity contribution < 1.29 is 0 Å². The highest BCUT2D eigenvalue weighted by Gasteiger charge is 2.13. The van der Waals surface area contributed by atoms with E-state index < -0.39 is 0 Å². The van der Waals surface area contributed by atoms with Crippen molar-refractivity contribution in [1.29, 1.82) is 0 Å². The molecule has 2 heterocycles. The van der Waals surface area contributed by atoms with Crippen molar-refractivity contribution in [3.05, 3.63) is 30.1 Å². The summed E-state index contributed by atoms with van der Waals surface area (Å²) in [6.45, 7) is 7.03. The molecule has 1 fully saturated rings. The second-order valence-electron chi connectivity index (χ2n) is 5.11. The highest BCUT2D eigenvalue weighted by molar-refractivity contribution is 5.03. The highest BCUT2D eigenvalue weighted by Crippen LogP contribution is 2.06. The van der Waals surface area contributed by atoms with E-state index in [2.05, 4.69) is 34.3 Å². The SMILES string of the molecule is CCC1CCN(CCc2ccccn2)CCCN1. The van der Waals surface area contributed by atoms with Crippen LogP contribution in [-0.4, -0.2) is 42.1 Å². The van der Waals surface area contributed by atoms with Gasteiger partial charge in [-0.25, -0.2) is 0 Å². The molecule has 0 spiro atoms. The molecular weight excluding hydrogens is 222 g/mol. The number of pyridine rings is 1. The Balaban J connectivity index is 1.77. The number of rotatable bonds is 4. The molecule has 2 rings (SSSR count). The maximum Gasteiger partial charge on any atom is 0.0416 e. The van der Waals surface area contributed by atoms with Crippen molar-refractivity contribution in [2.45, 2.75) is 38.6 Å². The van der Waals surface area contributed by atoms with Crippen molar-refractivity contribution >= 4 is 0 Å². The van der Waals surface area contributed by atoms with Gasteiger partial charge >= 0.3 is 0 Å². The van der Waals surface area contributed by atoms with Gasteiger partial charge in [-0.1, -0.05) is 13.0 Å². The number of nitrogens with one attached hydrogen (secondary N) is 1. The Morgan fingerprint density at radius 3 is 3.11 bits per heavy atom. The summed E-state index contributed by atoms with van der Waals surface area (Å²) in [5, 5.41) is 3.63. The molecule has 1 aromatic rings. The summed E-state index contributed by atoms with van der Waals surface area (Å²) in [6.07, 6.45) is 6.75. The normalized spacial score (nSPS) is 22.4. The van der Waals surface area contributed by atoms with E-state index in [9.17, 15) is 0 Å². The van der Waals surface area contributed by atoms with Crippen molar-refractivity contribution in [2.75, 3.05) is 26.2 Å². The molecule has 1 unspecified atom stereocenters. The zero-order valence-electron chi connectivity index (χ0n) is 11.4. The molecule has 18 heavy (non-hydrogen) atoms. The Morgan fingerprint density at radius 1 is 1.39 bits per heavy atom. The van der Waals surface area contributed by atoms with Crippen molar-refractivity contribution in [3.8, 4) is 0 Å². The molecule has 1 aromatic heterocycles. The Morgan fingerprint density at radius 2 is 2.33 bits per heavy atom. The van der Waals surface area contributed by atoms with Gasteiger partial charge in [-0.15, -0.1) is 0 Å². The van der Waals surface area contributed by atoms with E-state index in [0.29, 0.717) is 6.04 Å². The second-order valence-corrected chi connectivity index (χ2v) is 5.11. The maximum atomic E-state index is 4.40. The van der Waals surface area contributed by atoms with Gasteiger partial charge in [0.2, 0.25) is 0 Å². The summed E-state index contributed by atoms with van der Waals surface area (Å²) in [4.78, 5) is 6.99. The average Bonchev–Trinajstić information content (AvgIpc) is 2.39. The van der Waals surface area contributed by atoms with Crippen LogP contribution < -0.4 is 5.32 Å². The summed E-state index contributed by atoms with van der Waals surface area (Å²) < 4.78 is 0. The molecule has 3 heteroatoms. The van der Waals surface area contributed by atoms with Gasteiger partial charge in [0.05, 0.1) is 0 Å². The van der Waals surface area contributed by atoms with Crippen LogP contribution in [0.4, 0.5) is 0 Å². The van der Waals surface area contributed by atoms with Gasteiger partial charge < -0.3 is 10.2 Å². The van der Waals surface area contributed by atoms with Crippen LogP contribution in [0.1, 0.15) is 31.9 Å². The largest absolute Gasteiger partial charge is 0.314 e. The van der Waals surface area contributed by atoms with Crippen LogP contribution in [0.15, 0.2) is 24.4 Å². The fraction of sp³-hybridized carbons (Fsp3) is 0.667. The molecule has 100 valence electrons. The van der Waals surface area contributed by atoms with E-state index >= 15 is 0 Å². The summed E-state index contributed by atoms with van der Waals surface area (Å²) in [7, 11) is 0. The third-order valence-corrected chi connectivity index (χ3v) is 3.78. The smallest absolute Gasteiger partial charge is 0.0416 e. The molecule has 3 nitrogen and oxygen atoms in total. The predicted molar refractivity (Wildman–Crippen MR) is 75.7 cm³/mol. The van der Waals surface area contributed by atoms with E-state index in [1.54, 1.807) is 0 Å². The minimum atomic E-state index is 0.711.